The second-order valence-electron chi connectivity index (χ2n) is 6.16. The van der Waals surface area contributed by atoms with Crippen molar-refractivity contribution in [3.8, 4) is 11.5 Å². The van der Waals surface area contributed by atoms with E-state index in [9.17, 15) is 17.6 Å². The fourth-order valence-electron chi connectivity index (χ4n) is 2.97. The van der Waals surface area contributed by atoms with Crippen LogP contribution in [0, 0.1) is 5.82 Å². The highest BCUT2D eigenvalue weighted by Gasteiger charge is 2.29. The Morgan fingerprint density at radius 2 is 1.86 bits per heavy atom. The Morgan fingerprint density at radius 1 is 1.14 bits per heavy atom. The predicted octanol–water partition coefficient (Wildman–Crippen LogP) is 2.12. The molecule has 2 aromatic carbocycles. The minimum absolute atomic E-state index is 0.133. The Hall–Kier alpha value is -2.69. The zero-order valence-electron chi connectivity index (χ0n) is 16.0. The molecule has 1 saturated heterocycles. The Morgan fingerprint density at radius 3 is 2.52 bits per heavy atom. The first-order valence-electron chi connectivity index (χ1n) is 8.78. The first-order valence-corrected chi connectivity index (χ1v) is 10.2. The quantitative estimate of drug-likeness (QED) is 0.764. The number of benzene rings is 2. The van der Waals surface area contributed by atoms with Crippen molar-refractivity contribution in [2.24, 2.45) is 0 Å². The van der Waals surface area contributed by atoms with Crippen LogP contribution >= 0.6 is 0 Å². The number of ether oxygens (including phenoxy) is 3. The van der Waals surface area contributed by atoms with Gasteiger partial charge in [0.2, 0.25) is 10.0 Å². The van der Waals surface area contributed by atoms with Gasteiger partial charge in [0, 0.05) is 18.8 Å². The molecule has 0 unspecified atom stereocenters. The number of carbonyl (C=O) groups excluding carboxylic acids is 1. The van der Waals surface area contributed by atoms with E-state index in [1.54, 1.807) is 12.1 Å². The molecular formula is C19H21FN2O6S. The Balaban J connectivity index is 1.90. The predicted molar refractivity (Wildman–Crippen MR) is 103 cm³/mol. The van der Waals surface area contributed by atoms with Crippen molar-refractivity contribution in [1.29, 1.82) is 0 Å². The van der Waals surface area contributed by atoms with E-state index < -0.39 is 26.6 Å². The van der Waals surface area contributed by atoms with E-state index in [2.05, 4.69) is 5.32 Å². The molecule has 156 valence electrons. The van der Waals surface area contributed by atoms with E-state index >= 15 is 0 Å². The highest BCUT2D eigenvalue weighted by atomic mass is 32.2. The number of amides is 1. The van der Waals surface area contributed by atoms with Gasteiger partial charge in [0.05, 0.1) is 33.0 Å². The number of methoxy groups -OCH3 is 2. The van der Waals surface area contributed by atoms with Gasteiger partial charge in [-0.1, -0.05) is 6.07 Å². The molecule has 0 saturated carbocycles. The van der Waals surface area contributed by atoms with E-state index in [0.29, 0.717) is 5.75 Å². The van der Waals surface area contributed by atoms with Crippen molar-refractivity contribution in [2.75, 3.05) is 45.8 Å². The van der Waals surface area contributed by atoms with Gasteiger partial charge in [-0.2, -0.15) is 4.31 Å². The fraction of sp³-hybridized carbons (Fsp3) is 0.316. The van der Waals surface area contributed by atoms with Crippen LogP contribution in [0.5, 0.6) is 11.5 Å². The summed E-state index contributed by atoms with van der Waals surface area (Å²) in [5.74, 6) is -0.846. The summed E-state index contributed by atoms with van der Waals surface area (Å²) in [6, 6.07) is 8.19. The molecule has 1 fully saturated rings. The highest BCUT2D eigenvalue weighted by molar-refractivity contribution is 7.89. The lowest BCUT2D eigenvalue weighted by molar-refractivity contribution is 0.0729. The number of carbonyl (C=O) groups is 1. The second kappa shape index (κ2) is 8.76. The summed E-state index contributed by atoms with van der Waals surface area (Å²) in [5.41, 5.74) is 0.321. The van der Waals surface area contributed by atoms with Gasteiger partial charge in [-0.25, -0.2) is 12.8 Å². The van der Waals surface area contributed by atoms with Crippen LogP contribution in [0.1, 0.15) is 10.4 Å². The normalized spacial score (nSPS) is 15.0. The lowest BCUT2D eigenvalue weighted by atomic mass is 10.1. The molecule has 0 aliphatic carbocycles. The molecule has 8 nitrogen and oxygen atoms in total. The van der Waals surface area contributed by atoms with E-state index in [-0.39, 0.29) is 43.3 Å². The third-order valence-corrected chi connectivity index (χ3v) is 6.34. The zero-order chi connectivity index (χ0) is 21.0. The van der Waals surface area contributed by atoms with Gasteiger partial charge in [0.15, 0.2) is 11.5 Å². The summed E-state index contributed by atoms with van der Waals surface area (Å²) in [6.07, 6.45) is 0. The van der Waals surface area contributed by atoms with Gasteiger partial charge in [0.1, 0.15) is 10.7 Å². The highest BCUT2D eigenvalue weighted by Crippen LogP contribution is 2.31. The molecule has 1 N–H and O–H groups in total. The van der Waals surface area contributed by atoms with Crippen LogP contribution in [0.25, 0.3) is 0 Å². The van der Waals surface area contributed by atoms with Crippen molar-refractivity contribution in [1.82, 2.24) is 4.31 Å². The zero-order valence-corrected chi connectivity index (χ0v) is 16.8. The molecule has 0 aromatic heterocycles. The van der Waals surface area contributed by atoms with Gasteiger partial charge in [0.25, 0.3) is 5.91 Å². The van der Waals surface area contributed by atoms with Crippen LogP contribution in [0.2, 0.25) is 0 Å². The molecule has 2 aromatic rings. The monoisotopic (exact) mass is 424 g/mol. The number of halogens is 1. The maximum atomic E-state index is 14.3. The summed E-state index contributed by atoms with van der Waals surface area (Å²) in [5, 5.41) is 2.58. The average Bonchev–Trinajstić information content (AvgIpc) is 2.74. The standard InChI is InChI=1S/C19H21FN2O6S/c1-26-16-5-3-4-14(18(16)27-2)19(23)21-13-6-7-15(20)17(12-13)29(24,25)22-8-10-28-11-9-22/h3-7,12H,8-11H2,1-2H3,(H,21,23). The van der Waals surface area contributed by atoms with E-state index in [0.717, 1.165) is 16.4 Å². The van der Waals surface area contributed by atoms with Gasteiger partial charge >= 0.3 is 0 Å². The largest absolute Gasteiger partial charge is 0.493 e. The molecule has 0 atom stereocenters. The van der Waals surface area contributed by atoms with Gasteiger partial charge < -0.3 is 19.5 Å². The Labute approximate surface area is 168 Å². The van der Waals surface area contributed by atoms with Crippen molar-refractivity contribution in [3.05, 3.63) is 47.8 Å². The number of sulfonamides is 1. The van der Waals surface area contributed by atoms with Crippen molar-refractivity contribution in [2.45, 2.75) is 4.90 Å². The number of hydrogen-bond acceptors (Lipinski definition) is 6. The minimum Gasteiger partial charge on any atom is -0.493 e. The van der Waals surface area contributed by atoms with Crippen LogP contribution in [0.3, 0.4) is 0 Å². The van der Waals surface area contributed by atoms with E-state index in [1.807, 2.05) is 0 Å². The molecular weight excluding hydrogens is 403 g/mol. The van der Waals surface area contributed by atoms with Crippen LogP contribution in [0.15, 0.2) is 41.3 Å². The van der Waals surface area contributed by atoms with Gasteiger partial charge in [-0.15, -0.1) is 0 Å². The molecule has 1 aliphatic heterocycles. The van der Waals surface area contributed by atoms with Crippen molar-refractivity contribution >= 4 is 21.6 Å². The van der Waals surface area contributed by atoms with Crippen LogP contribution in [-0.4, -0.2) is 59.2 Å². The second-order valence-corrected chi connectivity index (χ2v) is 8.06. The van der Waals surface area contributed by atoms with Gasteiger partial charge in [-0.3, -0.25) is 4.79 Å². The maximum absolute atomic E-state index is 14.3. The summed E-state index contributed by atoms with van der Waals surface area (Å²) < 4.78 is 56.6. The number of rotatable bonds is 6. The Kier molecular flexibility index (Phi) is 6.36. The Bertz CT molecular complexity index is 1010. The molecule has 0 radical (unpaired) electrons. The number of morpholine rings is 1. The third kappa shape index (κ3) is 4.34. The van der Waals surface area contributed by atoms with Crippen molar-refractivity contribution < 1.29 is 31.8 Å². The topological polar surface area (TPSA) is 94.2 Å². The molecule has 29 heavy (non-hydrogen) atoms. The number of nitrogens with one attached hydrogen (secondary N) is 1. The molecule has 0 bridgehead atoms. The minimum atomic E-state index is -4.06. The first-order chi connectivity index (χ1) is 13.9. The summed E-state index contributed by atoms with van der Waals surface area (Å²) in [7, 11) is -1.21. The van der Waals surface area contributed by atoms with Crippen LogP contribution in [-0.2, 0) is 14.8 Å². The number of para-hydroxylation sites is 1. The van der Waals surface area contributed by atoms with Crippen molar-refractivity contribution in [3.63, 3.8) is 0 Å². The average molecular weight is 424 g/mol. The number of anilines is 1. The molecule has 1 aliphatic rings. The summed E-state index contributed by atoms with van der Waals surface area (Å²) in [6.45, 7) is 0.762. The fourth-order valence-corrected chi connectivity index (χ4v) is 4.47. The lowest BCUT2D eigenvalue weighted by Gasteiger charge is -2.26. The number of nitrogens with zero attached hydrogens (tertiary/aromatic N) is 1. The number of hydrogen-bond donors (Lipinski definition) is 1. The molecule has 10 heteroatoms. The van der Waals surface area contributed by atoms with Gasteiger partial charge in [-0.05, 0) is 30.3 Å². The molecule has 1 heterocycles. The van der Waals surface area contributed by atoms with Crippen LogP contribution < -0.4 is 14.8 Å². The molecule has 3 rings (SSSR count). The summed E-state index contributed by atoms with van der Waals surface area (Å²) >= 11 is 0. The smallest absolute Gasteiger partial charge is 0.259 e. The van der Waals surface area contributed by atoms with E-state index in [4.69, 9.17) is 14.2 Å². The lowest BCUT2D eigenvalue weighted by Crippen LogP contribution is -2.40. The maximum Gasteiger partial charge on any atom is 0.259 e. The molecule has 1 amide bonds. The van der Waals surface area contributed by atoms with E-state index in [1.165, 1.54) is 26.4 Å². The molecule has 0 spiro atoms. The third-order valence-electron chi connectivity index (χ3n) is 4.42. The first kappa shape index (κ1) is 21.0. The summed E-state index contributed by atoms with van der Waals surface area (Å²) in [4.78, 5) is 12.2. The SMILES string of the molecule is COc1cccc(C(=O)Nc2ccc(F)c(S(=O)(=O)N3CCOCC3)c2)c1OC. The van der Waals surface area contributed by atoms with Crippen LogP contribution in [0.4, 0.5) is 10.1 Å².